The van der Waals surface area contributed by atoms with Gasteiger partial charge in [-0.2, -0.15) is 4.98 Å². The van der Waals surface area contributed by atoms with Crippen LogP contribution in [0.4, 0.5) is 11.6 Å². The van der Waals surface area contributed by atoms with Crippen molar-refractivity contribution in [2.45, 2.75) is 38.1 Å². The molecule has 0 spiro atoms. The summed E-state index contributed by atoms with van der Waals surface area (Å²) in [5, 5.41) is 7.66. The number of fused-ring (bicyclic) bond motifs is 1. The van der Waals surface area contributed by atoms with Gasteiger partial charge in [0.15, 0.2) is 5.65 Å². The van der Waals surface area contributed by atoms with E-state index in [1.807, 2.05) is 18.3 Å². The van der Waals surface area contributed by atoms with Crippen molar-refractivity contribution in [1.82, 2.24) is 14.6 Å². The second-order valence-corrected chi connectivity index (χ2v) is 4.67. The second kappa shape index (κ2) is 4.24. The molecule has 0 radical (unpaired) electrons. The highest BCUT2D eigenvalue weighted by Crippen LogP contribution is 2.21. The van der Waals surface area contributed by atoms with Crippen molar-refractivity contribution in [2.75, 3.05) is 11.1 Å². The molecule has 1 aliphatic carbocycles. The van der Waals surface area contributed by atoms with Gasteiger partial charge in [-0.15, -0.1) is 5.10 Å². The molecule has 2 aromatic heterocycles. The van der Waals surface area contributed by atoms with Gasteiger partial charge in [-0.25, -0.2) is 4.52 Å². The molecule has 17 heavy (non-hydrogen) atoms. The molecule has 0 amide bonds. The first-order valence-corrected chi connectivity index (χ1v) is 6.20. The Morgan fingerprint density at radius 2 is 2.06 bits per heavy atom. The largest absolute Gasteiger partial charge is 0.381 e. The van der Waals surface area contributed by atoms with Crippen LogP contribution in [0.1, 0.15) is 32.1 Å². The fourth-order valence-corrected chi connectivity index (χ4v) is 2.47. The van der Waals surface area contributed by atoms with E-state index >= 15 is 0 Å². The van der Waals surface area contributed by atoms with Crippen molar-refractivity contribution in [3.63, 3.8) is 0 Å². The first-order chi connectivity index (χ1) is 8.31. The molecular weight excluding hydrogens is 214 g/mol. The average molecular weight is 231 g/mol. The maximum Gasteiger partial charge on any atom is 0.240 e. The summed E-state index contributed by atoms with van der Waals surface area (Å²) < 4.78 is 1.72. The lowest BCUT2D eigenvalue weighted by atomic mass is 9.95. The summed E-state index contributed by atoms with van der Waals surface area (Å²) in [5.41, 5.74) is 7.44. The molecule has 1 fully saturated rings. The van der Waals surface area contributed by atoms with Gasteiger partial charge < -0.3 is 11.1 Å². The lowest BCUT2D eigenvalue weighted by Crippen LogP contribution is -2.22. The zero-order chi connectivity index (χ0) is 11.7. The number of pyridine rings is 1. The molecule has 0 saturated heterocycles. The minimum Gasteiger partial charge on any atom is -0.381 e. The number of nitrogens with one attached hydrogen (secondary N) is 1. The van der Waals surface area contributed by atoms with E-state index in [4.69, 9.17) is 5.73 Å². The summed E-state index contributed by atoms with van der Waals surface area (Å²) in [7, 11) is 0. The van der Waals surface area contributed by atoms with Crippen LogP contribution in [0.2, 0.25) is 0 Å². The standard InChI is InChI=1S/C12H17N5/c13-12-15-11-7-6-10(8-17(11)16-12)14-9-4-2-1-3-5-9/h6-9,14H,1-5H2,(H2,13,16). The highest BCUT2D eigenvalue weighted by Gasteiger charge is 2.13. The van der Waals surface area contributed by atoms with Gasteiger partial charge in [0.1, 0.15) is 0 Å². The molecule has 0 atom stereocenters. The Hall–Kier alpha value is -1.78. The normalized spacial score (nSPS) is 17.4. The van der Waals surface area contributed by atoms with Crippen molar-refractivity contribution in [3.05, 3.63) is 18.3 Å². The number of anilines is 2. The molecule has 0 bridgehead atoms. The van der Waals surface area contributed by atoms with Crippen molar-refractivity contribution in [2.24, 2.45) is 0 Å². The monoisotopic (exact) mass is 231 g/mol. The highest BCUT2D eigenvalue weighted by molar-refractivity contribution is 5.51. The molecule has 1 saturated carbocycles. The first kappa shape index (κ1) is 10.4. The van der Waals surface area contributed by atoms with Crippen LogP contribution in [0.15, 0.2) is 18.3 Å². The fraction of sp³-hybridized carbons (Fsp3) is 0.500. The third-order valence-electron chi connectivity index (χ3n) is 3.32. The van der Waals surface area contributed by atoms with Crippen LogP contribution >= 0.6 is 0 Å². The minimum atomic E-state index is 0.319. The van der Waals surface area contributed by atoms with Gasteiger partial charge in [0.2, 0.25) is 5.95 Å². The molecule has 5 heteroatoms. The summed E-state index contributed by atoms with van der Waals surface area (Å²) in [5.74, 6) is 0.319. The van der Waals surface area contributed by atoms with Crippen molar-refractivity contribution >= 4 is 17.3 Å². The Morgan fingerprint density at radius 3 is 2.88 bits per heavy atom. The fourth-order valence-electron chi connectivity index (χ4n) is 2.47. The number of aromatic nitrogens is 3. The molecule has 0 aromatic carbocycles. The topological polar surface area (TPSA) is 68.2 Å². The second-order valence-electron chi connectivity index (χ2n) is 4.67. The first-order valence-electron chi connectivity index (χ1n) is 6.20. The van der Waals surface area contributed by atoms with Gasteiger partial charge >= 0.3 is 0 Å². The third-order valence-corrected chi connectivity index (χ3v) is 3.32. The maximum absolute atomic E-state index is 5.56. The molecule has 0 unspecified atom stereocenters. The average Bonchev–Trinajstić information content (AvgIpc) is 2.70. The predicted octanol–water partition coefficient (Wildman–Crippen LogP) is 2.06. The van der Waals surface area contributed by atoms with Crippen molar-refractivity contribution in [3.8, 4) is 0 Å². The molecule has 3 N–H and O–H groups in total. The van der Waals surface area contributed by atoms with E-state index in [1.54, 1.807) is 4.52 Å². The number of rotatable bonds is 2. The summed E-state index contributed by atoms with van der Waals surface area (Å²) >= 11 is 0. The van der Waals surface area contributed by atoms with E-state index < -0.39 is 0 Å². The van der Waals surface area contributed by atoms with E-state index in [9.17, 15) is 0 Å². The summed E-state index contributed by atoms with van der Waals surface area (Å²) in [6, 6.07) is 4.58. The Morgan fingerprint density at radius 1 is 1.24 bits per heavy atom. The van der Waals surface area contributed by atoms with Crippen LogP contribution in [0.3, 0.4) is 0 Å². The summed E-state index contributed by atoms with van der Waals surface area (Å²) in [6.07, 6.45) is 8.51. The van der Waals surface area contributed by atoms with Gasteiger partial charge in [0.05, 0.1) is 11.9 Å². The van der Waals surface area contributed by atoms with E-state index in [1.165, 1.54) is 32.1 Å². The van der Waals surface area contributed by atoms with Crippen LogP contribution in [0.5, 0.6) is 0 Å². The number of nitrogens with zero attached hydrogens (tertiary/aromatic N) is 3. The SMILES string of the molecule is Nc1nc2ccc(NC3CCCCC3)cn2n1. The highest BCUT2D eigenvalue weighted by atomic mass is 15.3. The summed E-state index contributed by atoms with van der Waals surface area (Å²) in [4.78, 5) is 4.10. The Balaban J connectivity index is 1.79. The molecule has 0 aliphatic heterocycles. The van der Waals surface area contributed by atoms with Crippen molar-refractivity contribution < 1.29 is 0 Å². The molecule has 2 heterocycles. The number of hydrogen-bond donors (Lipinski definition) is 2. The predicted molar refractivity (Wildman–Crippen MR) is 67.9 cm³/mol. The molecule has 2 aromatic rings. The van der Waals surface area contributed by atoms with Crippen LogP contribution in [-0.4, -0.2) is 20.6 Å². The van der Waals surface area contributed by atoms with Gasteiger partial charge in [-0.1, -0.05) is 19.3 Å². The number of nitrogen functional groups attached to an aromatic ring is 1. The van der Waals surface area contributed by atoms with Crippen LogP contribution < -0.4 is 11.1 Å². The number of nitrogens with two attached hydrogens (primary N) is 1. The lowest BCUT2D eigenvalue weighted by Gasteiger charge is -2.23. The molecule has 90 valence electrons. The van der Waals surface area contributed by atoms with E-state index in [0.717, 1.165) is 11.3 Å². The van der Waals surface area contributed by atoms with Gasteiger partial charge in [0.25, 0.3) is 0 Å². The Bertz CT molecular complexity index is 513. The van der Waals surface area contributed by atoms with Gasteiger partial charge in [0, 0.05) is 6.04 Å². The van der Waals surface area contributed by atoms with Crippen molar-refractivity contribution in [1.29, 1.82) is 0 Å². The summed E-state index contributed by atoms with van der Waals surface area (Å²) in [6.45, 7) is 0. The third kappa shape index (κ3) is 2.18. The van der Waals surface area contributed by atoms with Gasteiger partial charge in [-0.3, -0.25) is 0 Å². The lowest BCUT2D eigenvalue weighted by molar-refractivity contribution is 0.462. The van der Waals surface area contributed by atoms with Crippen LogP contribution in [0.25, 0.3) is 5.65 Å². The van der Waals surface area contributed by atoms with Crippen LogP contribution in [0, 0.1) is 0 Å². The smallest absolute Gasteiger partial charge is 0.240 e. The molecule has 1 aliphatic rings. The Kier molecular flexibility index (Phi) is 2.59. The maximum atomic E-state index is 5.56. The molecule has 3 rings (SSSR count). The van der Waals surface area contributed by atoms with Gasteiger partial charge in [-0.05, 0) is 25.0 Å². The molecular formula is C12H17N5. The van der Waals surface area contributed by atoms with E-state index in [-0.39, 0.29) is 0 Å². The Labute approximate surface area is 100 Å². The quantitative estimate of drug-likeness (QED) is 0.830. The zero-order valence-electron chi connectivity index (χ0n) is 9.76. The van der Waals surface area contributed by atoms with Crippen LogP contribution in [-0.2, 0) is 0 Å². The minimum absolute atomic E-state index is 0.319. The zero-order valence-corrected chi connectivity index (χ0v) is 9.76. The molecule has 5 nitrogen and oxygen atoms in total. The number of hydrogen-bond acceptors (Lipinski definition) is 4. The van der Waals surface area contributed by atoms with E-state index in [0.29, 0.717) is 12.0 Å². The van der Waals surface area contributed by atoms with E-state index in [2.05, 4.69) is 15.4 Å².